The van der Waals surface area contributed by atoms with Gasteiger partial charge in [-0.1, -0.05) is 6.07 Å². The number of hydrogen-bond donors (Lipinski definition) is 1. The largest absolute Gasteiger partial charge is 0.371 e. The number of aryl methyl sites for hydroxylation is 1. The molecule has 0 saturated heterocycles. The quantitative estimate of drug-likeness (QED) is 0.340. The van der Waals surface area contributed by atoms with Gasteiger partial charge in [-0.15, -0.1) is 0 Å². The maximum absolute atomic E-state index is 13.5. The van der Waals surface area contributed by atoms with Crippen LogP contribution in [0.2, 0.25) is 0 Å². The van der Waals surface area contributed by atoms with E-state index < -0.39 is 29.2 Å². The molecule has 0 aliphatic rings. The lowest BCUT2D eigenvalue weighted by Gasteiger charge is -2.22. The summed E-state index contributed by atoms with van der Waals surface area (Å²) in [4.78, 5) is 4.50. The fraction of sp³-hybridized carbons (Fsp3) is 0.278. The van der Waals surface area contributed by atoms with Gasteiger partial charge in [0.1, 0.15) is 5.69 Å². The second-order valence-electron chi connectivity index (χ2n) is 5.60. The molecule has 9 heteroatoms. The maximum atomic E-state index is 13.5. The van der Waals surface area contributed by atoms with Crippen molar-refractivity contribution in [1.29, 1.82) is 5.26 Å². The number of hydrogen-bond acceptors (Lipinski definition) is 5. The maximum Gasteiger partial charge on any atom is 0.254 e. The van der Waals surface area contributed by atoms with Gasteiger partial charge in [0, 0.05) is 18.8 Å². The Morgan fingerprint density at radius 3 is 2.44 bits per heavy atom. The third-order valence-corrected chi connectivity index (χ3v) is 3.87. The normalized spacial score (nSPS) is 10.9. The van der Waals surface area contributed by atoms with Crippen molar-refractivity contribution in [3.05, 3.63) is 52.9 Å². The lowest BCUT2D eigenvalue weighted by molar-refractivity contribution is 0.411. The zero-order valence-electron chi connectivity index (χ0n) is 14.7. The molecule has 0 spiro atoms. The van der Waals surface area contributed by atoms with Gasteiger partial charge < -0.3 is 4.90 Å². The van der Waals surface area contributed by atoms with Crippen molar-refractivity contribution in [2.75, 3.05) is 23.4 Å². The minimum absolute atomic E-state index is 0.399. The predicted octanol–water partition coefficient (Wildman–Crippen LogP) is 4.13. The molecule has 1 aromatic carbocycles. The van der Waals surface area contributed by atoms with E-state index in [1.165, 1.54) is 6.21 Å². The smallest absolute Gasteiger partial charge is 0.254 e. The summed E-state index contributed by atoms with van der Waals surface area (Å²) in [5.74, 6) is -6.84. The van der Waals surface area contributed by atoms with Gasteiger partial charge >= 0.3 is 0 Å². The van der Waals surface area contributed by atoms with Gasteiger partial charge in [-0.05, 0) is 37.1 Å². The molecule has 0 atom stereocenters. The molecule has 5 nitrogen and oxygen atoms in total. The monoisotopic (exact) mass is 379 g/mol. The van der Waals surface area contributed by atoms with Crippen LogP contribution in [0, 0.1) is 41.8 Å². The number of rotatable bonds is 7. The second kappa shape index (κ2) is 8.98. The molecule has 2 rings (SSSR count). The van der Waals surface area contributed by atoms with E-state index in [4.69, 9.17) is 5.26 Å². The Bertz CT molecular complexity index is 866. The van der Waals surface area contributed by atoms with Gasteiger partial charge in [-0.3, -0.25) is 5.43 Å². The highest BCUT2D eigenvalue weighted by Gasteiger charge is 2.20. The molecule has 0 bridgehead atoms. The van der Waals surface area contributed by atoms with Crippen LogP contribution in [0.15, 0.2) is 23.3 Å². The molecule has 0 aliphatic carbocycles. The number of aromatic nitrogens is 1. The van der Waals surface area contributed by atoms with E-state index in [0.29, 0.717) is 18.5 Å². The second-order valence-corrected chi connectivity index (χ2v) is 5.60. The van der Waals surface area contributed by atoms with Gasteiger partial charge in [0.15, 0.2) is 0 Å². The highest BCUT2D eigenvalue weighted by Crippen LogP contribution is 2.22. The van der Waals surface area contributed by atoms with Crippen molar-refractivity contribution in [2.24, 2.45) is 5.10 Å². The average molecular weight is 379 g/mol. The van der Waals surface area contributed by atoms with Crippen molar-refractivity contribution < 1.29 is 17.6 Å². The SMILES string of the molecule is CCN(CCC#N)c1ccc(/C=N\Nc2c(F)c(F)nc(F)c2F)c(C)c1. The van der Waals surface area contributed by atoms with Crippen molar-refractivity contribution in [1.82, 2.24) is 4.98 Å². The number of nitrogens with zero attached hydrogens (tertiary/aromatic N) is 4. The summed E-state index contributed by atoms with van der Waals surface area (Å²) >= 11 is 0. The number of hydrazone groups is 1. The molecule has 27 heavy (non-hydrogen) atoms. The van der Waals surface area contributed by atoms with Gasteiger partial charge in [0.25, 0.3) is 11.9 Å². The standard InChI is InChI=1S/C18H17F4N5/c1-3-27(8-4-7-23)13-6-5-12(11(2)9-13)10-24-26-16-14(19)17(21)25-18(22)15(16)20/h5-6,9-10H,3-4,8H2,1-2H3,(H,25,26)/b24-10-. The van der Waals surface area contributed by atoms with E-state index in [2.05, 4.69) is 16.2 Å². The first-order valence-electron chi connectivity index (χ1n) is 8.10. The van der Waals surface area contributed by atoms with Crippen LogP contribution in [0.1, 0.15) is 24.5 Å². The summed E-state index contributed by atoms with van der Waals surface area (Å²) in [6.45, 7) is 5.12. The Morgan fingerprint density at radius 2 is 1.89 bits per heavy atom. The molecule has 142 valence electrons. The Labute approximate surface area is 153 Å². The first kappa shape index (κ1) is 20.2. The Kier molecular flexibility index (Phi) is 6.71. The average Bonchev–Trinajstić information content (AvgIpc) is 2.65. The molecule has 0 amide bonds. The fourth-order valence-corrected chi connectivity index (χ4v) is 2.41. The van der Waals surface area contributed by atoms with E-state index >= 15 is 0 Å². The van der Waals surface area contributed by atoms with Crippen LogP contribution < -0.4 is 10.3 Å². The van der Waals surface area contributed by atoms with Gasteiger partial charge in [-0.25, -0.2) is 0 Å². The van der Waals surface area contributed by atoms with Crippen molar-refractivity contribution in [3.8, 4) is 6.07 Å². The topological polar surface area (TPSA) is 64.3 Å². The number of benzene rings is 1. The molecule has 0 fully saturated rings. The molecule has 1 N–H and O–H groups in total. The zero-order valence-corrected chi connectivity index (χ0v) is 14.7. The van der Waals surface area contributed by atoms with Gasteiger partial charge in [0.2, 0.25) is 11.6 Å². The van der Waals surface area contributed by atoms with Crippen LogP contribution in [-0.4, -0.2) is 24.3 Å². The number of pyridine rings is 1. The third kappa shape index (κ3) is 4.73. The molecule has 0 saturated carbocycles. The molecule has 0 unspecified atom stereocenters. The van der Waals surface area contributed by atoms with Crippen LogP contribution in [-0.2, 0) is 0 Å². The van der Waals surface area contributed by atoms with Crippen LogP contribution in [0.3, 0.4) is 0 Å². The van der Waals surface area contributed by atoms with E-state index in [1.54, 1.807) is 6.07 Å². The van der Waals surface area contributed by atoms with E-state index in [9.17, 15) is 17.6 Å². The molecule has 0 radical (unpaired) electrons. The lowest BCUT2D eigenvalue weighted by Crippen LogP contribution is -2.23. The zero-order chi connectivity index (χ0) is 20.0. The minimum atomic E-state index is -1.76. The van der Waals surface area contributed by atoms with Crippen LogP contribution in [0.4, 0.5) is 28.9 Å². The summed E-state index contributed by atoms with van der Waals surface area (Å²) in [7, 11) is 0. The lowest BCUT2D eigenvalue weighted by atomic mass is 10.1. The first-order valence-corrected chi connectivity index (χ1v) is 8.10. The Morgan fingerprint density at radius 1 is 1.22 bits per heavy atom. The first-order chi connectivity index (χ1) is 12.9. The third-order valence-electron chi connectivity index (χ3n) is 3.87. The van der Waals surface area contributed by atoms with Gasteiger partial charge in [0.05, 0.1) is 18.7 Å². The Hall–Kier alpha value is -3.15. The molecule has 1 aromatic heterocycles. The number of halogens is 4. The van der Waals surface area contributed by atoms with Gasteiger partial charge in [-0.2, -0.15) is 32.9 Å². The Balaban J connectivity index is 2.18. The summed E-state index contributed by atoms with van der Waals surface area (Å²) in [5, 5.41) is 12.4. The molecular weight excluding hydrogens is 362 g/mol. The summed E-state index contributed by atoms with van der Waals surface area (Å²) in [5.41, 5.74) is 3.29. The minimum Gasteiger partial charge on any atom is -0.371 e. The van der Waals surface area contributed by atoms with Crippen LogP contribution >= 0.6 is 0 Å². The van der Waals surface area contributed by atoms with E-state index in [1.807, 2.05) is 36.3 Å². The molecular formula is C18H17F4N5. The fourth-order valence-electron chi connectivity index (χ4n) is 2.41. The number of nitrogens with one attached hydrogen (secondary N) is 1. The molecule has 0 aliphatic heterocycles. The van der Waals surface area contributed by atoms with Crippen molar-refractivity contribution in [3.63, 3.8) is 0 Å². The summed E-state index contributed by atoms with van der Waals surface area (Å²) in [6, 6.07) is 7.55. The highest BCUT2D eigenvalue weighted by molar-refractivity contribution is 5.83. The van der Waals surface area contributed by atoms with Crippen LogP contribution in [0.5, 0.6) is 0 Å². The summed E-state index contributed by atoms with van der Waals surface area (Å²) < 4.78 is 53.2. The predicted molar refractivity (Wildman–Crippen MR) is 94.6 cm³/mol. The van der Waals surface area contributed by atoms with Crippen molar-refractivity contribution >= 4 is 17.6 Å². The highest BCUT2D eigenvalue weighted by atomic mass is 19.2. The van der Waals surface area contributed by atoms with E-state index in [0.717, 1.165) is 17.8 Å². The summed E-state index contributed by atoms with van der Waals surface area (Å²) in [6.07, 6.45) is 1.68. The molecule has 1 heterocycles. The number of nitriles is 1. The molecule has 2 aromatic rings. The number of anilines is 2. The van der Waals surface area contributed by atoms with E-state index in [-0.39, 0.29) is 0 Å². The van der Waals surface area contributed by atoms with Crippen LogP contribution in [0.25, 0.3) is 0 Å². The van der Waals surface area contributed by atoms with Crippen molar-refractivity contribution in [2.45, 2.75) is 20.3 Å².